The van der Waals surface area contributed by atoms with Crippen molar-refractivity contribution in [2.45, 2.75) is 31.1 Å². The maximum absolute atomic E-state index is 12.8. The van der Waals surface area contributed by atoms with Gasteiger partial charge in [0.2, 0.25) is 5.95 Å². The van der Waals surface area contributed by atoms with Gasteiger partial charge in [-0.25, -0.2) is 4.98 Å². The summed E-state index contributed by atoms with van der Waals surface area (Å²) >= 11 is 0. The molecule has 1 fully saturated rings. The Morgan fingerprint density at radius 3 is 2.59 bits per heavy atom. The fourth-order valence-corrected chi connectivity index (χ4v) is 3.23. The molecule has 0 aliphatic carbocycles. The minimum absolute atomic E-state index is 0.00940. The van der Waals surface area contributed by atoms with Crippen LogP contribution in [0.15, 0.2) is 41.5 Å². The van der Waals surface area contributed by atoms with Crippen LogP contribution in [0.25, 0.3) is 11.2 Å². The van der Waals surface area contributed by atoms with E-state index < -0.39 is 36.7 Å². The second-order valence-electron chi connectivity index (χ2n) is 6.40. The Morgan fingerprint density at radius 1 is 1.19 bits per heavy atom. The van der Waals surface area contributed by atoms with E-state index >= 15 is 0 Å². The van der Waals surface area contributed by atoms with Crippen LogP contribution >= 0.6 is 0 Å². The summed E-state index contributed by atoms with van der Waals surface area (Å²) in [6.45, 7) is -0.212. The molecule has 3 aromatic rings. The van der Waals surface area contributed by atoms with Crippen molar-refractivity contribution in [3.8, 4) is 0 Å². The smallest absolute Gasteiger partial charge is 0.283 e. The highest BCUT2D eigenvalue weighted by atomic mass is 16.6. The van der Waals surface area contributed by atoms with Gasteiger partial charge < -0.3 is 25.8 Å². The molecule has 0 unspecified atom stereocenters. The normalized spacial score (nSPS) is 25.3. The third-order valence-electron chi connectivity index (χ3n) is 4.69. The number of imidazole rings is 1. The number of nitrogens with zero attached hydrogens (tertiary/aromatic N) is 4. The fourth-order valence-electron chi connectivity index (χ4n) is 3.23. The number of fused-ring (bicyclic) bond motifs is 1. The maximum Gasteiger partial charge on any atom is 0.283 e. The second-order valence-corrected chi connectivity index (χ2v) is 6.40. The first-order valence-corrected chi connectivity index (χ1v) is 8.40. The van der Waals surface area contributed by atoms with Crippen LogP contribution in [-0.2, 0) is 11.3 Å². The van der Waals surface area contributed by atoms with E-state index in [9.17, 15) is 20.1 Å². The Morgan fingerprint density at radius 2 is 1.93 bits per heavy atom. The van der Waals surface area contributed by atoms with Crippen molar-refractivity contribution in [3.05, 3.63) is 52.6 Å². The molecule has 10 nitrogen and oxygen atoms in total. The summed E-state index contributed by atoms with van der Waals surface area (Å²) in [7, 11) is 0. The molecule has 1 saturated heterocycles. The quantitative estimate of drug-likeness (QED) is 0.447. The van der Waals surface area contributed by atoms with Crippen LogP contribution in [-0.4, -0.2) is 59.3 Å². The third-order valence-corrected chi connectivity index (χ3v) is 4.69. The number of hydrogen-bond donors (Lipinski definition) is 4. The van der Waals surface area contributed by atoms with Crippen LogP contribution in [0.3, 0.4) is 0 Å². The third kappa shape index (κ3) is 2.88. The summed E-state index contributed by atoms with van der Waals surface area (Å²) in [4.78, 5) is 21.2. The summed E-state index contributed by atoms with van der Waals surface area (Å²) < 4.78 is 8.13. The minimum atomic E-state index is -1.31. The lowest BCUT2D eigenvalue weighted by molar-refractivity contribution is -0.0511. The molecule has 10 heteroatoms. The van der Waals surface area contributed by atoms with Crippen molar-refractivity contribution in [2.75, 3.05) is 12.3 Å². The number of nitrogen functional groups attached to an aromatic ring is 1. The predicted octanol–water partition coefficient (Wildman–Crippen LogP) is -1.16. The van der Waals surface area contributed by atoms with Gasteiger partial charge in [-0.2, -0.15) is 4.98 Å². The molecule has 0 saturated carbocycles. The van der Waals surface area contributed by atoms with Gasteiger partial charge in [-0.05, 0) is 5.56 Å². The summed E-state index contributed by atoms with van der Waals surface area (Å²) in [5.74, 6) is -0.00940. The van der Waals surface area contributed by atoms with Crippen molar-refractivity contribution in [1.29, 1.82) is 0 Å². The van der Waals surface area contributed by atoms with Gasteiger partial charge in [0.25, 0.3) is 5.56 Å². The number of rotatable bonds is 4. The molecule has 0 radical (unpaired) electrons. The molecule has 2 aromatic heterocycles. The first-order valence-electron chi connectivity index (χ1n) is 8.40. The largest absolute Gasteiger partial charge is 0.394 e. The lowest BCUT2D eigenvalue weighted by Gasteiger charge is -2.17. The molecule has 1 aliphatic heterocycles. The second kappa shape index (κ2) is 6.74. The van der Waals surface area contributed by atoms with E-state index in [0.717, 1.165) is 5.56 Å². The number of nitrogens with two attached hydrogens (primary N) is 1. The van der Waals surface area contributed by atoms with E-state index in [4.69, 9.17) is 10.5 Å². The molecule has 0 spiro atoms. The SMILES string of the molecule is Nc1nc2c(ncn2[C@@H]2O[C@H](CO)[C@@H](O)[C@H]2O)c(=O)n1Cc1ccccc1. The molecule has 5 N–H and O–H groups in total. The standard InChI is InChI=1S/C17H19N5O5/c18-17-20-14-11(15(26)21(17)6-9-4-2-1-3-5-9)19-8-22(14)16-13(25)12(24)10(7-23)27-16/h1-5,8,10,12-13,16,23-25H,6-7H2,(H2,18,20)/t10-,12-,13-,16-/m1/s1. The van der Waals surface area contributed by atoms with E-state index in [1.165, 1.54) is 15.5 Å². The summed E-state index contributed by atoms with van der Waals surface area (Å²) in [5, 5.41) is 29.4. The highest BCUT2D eigenvalue weighted by molar-refractivity contribution is 5.71. The fraction of sp³-hybridized carbons (Fsp3) is 0.353. The number of aromatic nitrogens is 4. The van der Waals surface area contributed by atoms with Crippen molar-refractivity contribution in [1.82, 2.24) is 19.1 Å². The van der Waals surface area contributed by atoms with Gasteiger partial charge in [-0.3, -0.25) is 13.9 Å². The first kappa shape index (κ1) is 17.6. The van der Waals surface area contributed by atoms with Crippen LogP contribution in [0, 0.1) is 0 Å². The van der Waals surface area contributed by atoms with Crippen LogP contribution in [0.2, 0.25) is 0 Å². The Hall–Kier alpha value is -2.79. The molecule has 1 aliphatic rings. The van der Waals surface area contributed by atoms with E-state index in [2.05, 4.69) is 9.97 Å². The van der Waals surface area contributed by atoms with Crippen molar-refractivity contribution < 1.29 is 20.1 Å². The van der Waals surface area contributed by atoms with Gasteiger partial charge in [0.15, 0.2) is 17.4 Å². The van der Waals surface area contributed by atoms with Gasteiger partial charge in [0.1, 0.15) is 18.3 Å². The minimum Gasteiger partial charge on any atom is -0.394 e. The van der Waals surface area contributed by atoms with Crippen LogP contribution in [0.4, 0.5) is 5.95 Å². The number of aliphatic hydroxyl groups excluding tert-OH is 3. The highest BCUT2D eigenvalue weighted by Crippen LogP contribution is 2.30. The zero-order valence-corrected chi connectivity index (χ0v) is 14.2. The number of hydrogen-bond acceptors (Lipinski definition) is 8. The van der Waals surface area contributed by atoms with Gasteiger partial charge in [0.05, 0.1) is 19.5 Å². The first-order chi connectivity index (χ1) is 13.0. The lowest BCUT2D eigenvalue weighted by Crippen LogP contribution is -2.33. The maximum atomic E-state index is 12.8. The lowest BCUT2D eigenvalue weighted by atomic mass is 10.1. The topological polar surface area (TPSA) is 149 Å². The van der Waals surface area contributed by atoms with Gasteiger partial charge in [-0.15, -0.1) is 0 Å². The molecule has 142 valence electrons. The van der Waals surface area contributed by atoms with E-state index in [-0.39, 0.29) is 23.7 Å². The van der Waals surface area contributed by atoms with Crippen LogP contribution < -0.4 is 11.3 Å². The molecule has 0 bridgehead atoms. The molecular formula is C17H19N5O5. The van der Waals surface area contributed by atoms with Gasteiger partial charge >= 0.3 is 0 Å². The Balaban J connectivity index is 1.76. The molecule has 27 heavy (non-hydrogen) atoms. The van der Waals surface area contributed by atoms with Crippen molar-refractivity contribution in [2.24, 2.45) is 0 Å². The zero-order chi connectivity index (χ0) is 19.1. The van der Waals surface area contributed by atoms with E-state index in [1.54, 1.807) is 0 Å². The number of benzene rings is 1. The van der Waals surface area contributed by atoms with Crippen LogP contribution in [0.1, 0.15) is 11.8 Å². The molecular weight excluding hydrogens is 354 g/mol. The predicted molar refractivity (Wildman–Crippen MR) is 94.8 cm³/mol. The number of ether oxygens (including phenoxy) is 1. The molecule has 0 amide bonds. The Labute approximate surface area is 153 Å². The average molecular weight is 373 g/mol. The van der Waals surface area contributed by atoms with Crippen molar-refractivity contribution in [3.63, 3.8) is 0 Å². The average Bonchev–Trinajstić information content (AvgIpc) is 3.21. The molecule has 3 heterocycles. The van der Waals surface area contributed by atoms with Crippen LogP contribution in [0.5, 0.6) is 0 Å². The molecule has 4 rings (SSSR count). The van der Waals surface area contributed by atoms with Gasteiger partial charge in [0, 0.05) is 0 Å². The number of anilines is 1. The van der Waals surface area contributed by atoms with Gasteiger partial charge in [-0.1, -0.05) is 30.3 Å². The zero-order valence-electron chi connectivity index (χ0n) is 14.2. The van der Waals surface area contributed by atoms with Crippen molar-refractivity contribution >= 4 is 17.1 Å². The van der Waals surface area contributed by atoms with E-state index in [1.807, 2.05) is 30.3 Å². The number of aliphatic hydroxyl groups is 3. The van der Waals surface area contributed by atoms with E-state index in [0.29, 0.717) is 0 Å². The Kier molecular flexibility index (Phi) is 4.40. The summed E-state index contributed by atoms with van der Waals surface area (Å²) in [5.41, 5.74) is 6.66. The Bertz CT molecular complexity index is 1020. The highest BCUT2D eigenvalue weighted by Gasteiger charge is 2.44. The summed E-state index contributed by atoms with van der Waals surface area (Å²) in [6.07, 6.45) is -3.27. The monoisotopic (exact) mass is 373 g/mol. The molecule has 1 aromatic carbocycles. The molecule has 4 atom stereocenters. The summed E-state index contributed by atoms with van der Waals surface area (Å²) in [6, 6.07) is 9.33.